The monoisotopic (exact) mass is 241 g/mol. The molecular formula is C12H16ClNO2. The van der Waals surface area contributed by atoms with Crippen LogP contribution in [0.3, 0.4) is 0 Å². The Morgan fingerprint density at radius 1 is 1.38 bits per heavy atom. The van der Waals surface area contributed by atoms with Crippen LogP contribution in [0.1, 0.15) is 19.4 Å². The van der Waals surface area contributed by atoms with Crippen LogP contribution in [0.2, 0.25) is 0 Å². The Labute approximate surface area is 101 Å². The first-order chi connectivity index (χ1) is 7.54. The zero-order valence-electron chi connectivity index (χ0n) is 9.52. The van der Waals surface area contributed by atoms with Gasteiger partial charge >= 0.3 is 0 Å². The minimum atomic E-state index is -0.668. The second-order valence-corrected chi connectivity index (χ2v) is 5.16. The summed E-state index contributed by atoms with van der Waals surface area (Å²) in [5.74, 6) is 0. The first-order valence-corrected chi connectivity index (χ1v) is 5.55. The lowest BCUT2D eigenvalue weighted by atomic mass is 10.1. The van der Waals surface area contributed by atoms with Crippen LogP contribution in [-0.2, 0) is 11.3 Å². The lowest BCUT2D eigenvalue weighted by molar-refractivity contribution is 0.101. The average molecular weight is 242 g/mol. The number of rotatable bonds is 6. The van der Waals surface area contributed by atoms with E-state index in [0.29, 0.717) is 6.61 Å². The van der Waals surface area contributed by atoms with Crippen molar-refractivity contribution in [2.24, 2.45) is 5.18 Å². The topological polar surface area (TPSA) is 38.7 Å². The van der Waals surface area contributed by atoms with E-state index in [-0.39, 0.29) is 6.61 Å². The molecular weight excluding hydrogens is 226 g/mol. The molecule has 0 fully saturated rings. The fraction of sp³-hybridized carbons (Fsp3) is 0.500. The predicted molar refractivity (Wildman–Crippen MR) is 65.6 cm³/mol. The lowest BCUT2D eigenvalue weighted by Crippen LogP contribution is -2.32. The highest BCUT2D eigenvalue weighted by Gasteiger charge is 2.28. The van der Waals surface area contributed by atoms with E-state index in [1.54, 1.807) is 13.8 Å². The largest absolute Gasteiger partial charge is 0.374 e. The van der Waals surface area contributed by atoms with Gasteiger partial charge < -0.3 is 4.74 Å². The van der Waals surface area contributed by atoms with Gasteiger partial charge in [-0.3, -0.25) is 0 Å². The molecule has 88 valence electrons. The van der Waals surface area contributed by atoms with Gasteiger partial charge in [0.2, 0.25) is 0 Å². The molecule has 0 N–H and O–H groups in total. The quantitative estimate of drug-likeness (QED) is 0.566. The van der Waals surface area contributed by atoms with Crippen LogP contribution in [0.25, 0.3) is 0 Å². The van der Waals surface area contributed by atoms with E-state index in [1.807, 2.05) is 30.3 Å². The first-order valence-electron chi connectivity index (χ1n) is 5.17. The minimum absolute atomic E-state index is 0.245. The molecule has 0 heterocycles. The highest BCUT2D eigenvalue weighted by atomic mass is 35.5. The van der Waals surface area contributed by atoms with Crippen LogP contribution >= 0.6 is 11.6 Å². The normalized spacial score (nSPS) is 13.4. The molecule has 0 aliphatic heterocycles. The molecule has 16 heavy (non-hydrogen) atoms. The fourth-order valence-corrected chi connectivity index (χ4v) is 1.32. The van der Waals surface area contributed by atoms with Crippen molar-refractivity contribution in [3.63, 3.8) is 0 Å². The molecule has 1 unspecified atom stereocenters. The van der Waals surface area contributed by atoms with Crippen LogP contribution in [0.15, 0.2) is 35.5 Å². The van der Waals surface area contributed by atoms with Crippen LogP contribution in [0.4, 0.5) is 0 Å². The number of alkyl halides is 1. The number of halogens is 1. The summed E-state index contributed by atoms with van der Waals surface area (Å²) in [5, 5.41) is 2.98. The molecule has 0 aromatic heterocycles. The van der Waals surface area contributed by atoms with Gasteiger partial charge in [-0.25, -0.2) is 0 Å². The Bertz CT molecular complexity index is 322. The lowest BCUT2D eigenvalue weighted by Gasteiger charge is -2.21. The third-order valence-electron chi connectivity index (χ3n) is 2.31. The third kappa shape index (κ3) is 4.29. The predicted octanol–water partition coefficient (Wildman–Crippen LogP) is 3.36. The maximum Gasteiger partial charge on any atom is 0.134 e. The molecule has 1 rings (SSSR count). The SMILES string of the molecule is CC(C)(Cl)C(COCc1ccccc1)N=O. The van der Waals surface area contributed by atoms with Gasteiger partial charge in [0, 0.05) is 0 Å². The number of nitrogens with zero attached hydrogens (tertiary/aromatic N) is 1. The Morgan fingerprint density at radius 3 is 2.50 bits per heavy atom. The zero-order chi connectivity index (χ0) is 12.0. The second-order valence-electron chi connectivity index (χ2n) is 4.19. The van der Waals surface area contributed by atoms with Gasteiger partial charge in [0.25, 0.3) is 0 Å². The Kier molecular flexibility index (Phi) is 4.90. The smallest absolute Gasteiger partial charge is 0.134 e. The Morgan fingerprint density at radius 2 is 2.00 bits per heavy atom. The second kappa shape index (κ2) is 5.97. The maximum absolute atomic E-state index is 10.6. The van der Waals surface area contributed by atoms with Crippen molar-refractivity contribution >= 4 is 11.6 Å². The Balaban J connectivity index is 2.38. The van der Waals surface area contributed by atoms with Gasteiger partial charge in [-0.05, 0) is 19.4 Å². The number of hydrogen-bond donors (Lipinski definition) is 0. The van der Waals surface area contributed by atoms with Crippen LogP contribution < -0.4 is 0 Å². The molecule has 1 atom stereocenters. The average Bonchev–Trinajstić information content (AvgIpc) is 2.24. The van der Waals surface area contributed by atoms with E-state index in [2.05, 4.69) is 5.18 Å². The number of hydrogen-bond acceptors (Lipinski definition) is 3. The number of ether oxygens (including phenoxy) is 1. The van der Waals surface area contributed by atoms with Crippen molar-refractivity contribution in [1.82, 2.24) is 0 Å². The third-order valence-corrected chi connectivity index (χ3v) is 2.56. The highest BCUT2D eigenvalue weighted by molar-refractivity contribution is 6.23. The van der Waals surface area contributed by atoms with Gasteiger partial charge in [-0.2, -0.15) is 4.91 Å². The number of nitroso groups, excluding NO2 is 1. The van der Waals surface area contributed by atoms with Crippen molar-refractivity contribution in [3.05, 3.63) is 40.8 Å². The molecule has 0 bridgehead atoms. The summed E-state index contributed by atoms with van der Waals surface area (Å²) in [6, 6.07) is 9.24. The molecule has 0 saturated carbocycles. The fourth-order valence-electron chi connectivity index (χ4n) is 1.22. The molecule has 0 radical (unpaired) electrons. The molecule has 0 aliphatic rings. The van der Waals surface area contributed by atoms with Crippen molar-refractivity contribution in [3.8, 4) is 0 Å². The van der Waals surface area contributed by atoms with E-state index in [9.17, 15) is 4.91 Å². The van der Waals surface area contributed by atoms with Crippen LogP contribution in [0, 0.1) is 4.91 Å². The summed E-state index contributed by atoms with van der Waals surface area (Å²) in [5.41, 5.74) is 1.07. The Hall–Kier alpha value is -0.930. The molecule has 4 heteroatoms. The number of benzene rings is 1. The molecule has 0 aliphatic carbocycles. The highest BCUT2D eigenvalue weighted by Crippen LogP contribution is 2.21. The van der Waals surface area contributed by atoms with Crippen LogP contribution in [0.5, 0.6) is 0 Å². The van der Waals surface area contributed by atoms with Gasteiger partial charge in [0.1, 0.15) is 6.04 Å². The molecule has 3 nitrogen and oxygen atoms in total. The van der Waals surface area contributed by atoms with Crippen molar-refractivity contribution < 1.29 is 4.74 Å². The molecule has 1 aromatic carbocycles. The van der Waals surface area contributed by atoms with Crippen molar-refractivity contribution in [2.45, 2.75) is 31.4 Å². The maximum atomic E-state index is 10.6. The summed E-state index contributed by atoms with van der Waals surface area (Å²) >= 11 is 6.01. The van der Waals surface area contributed by atoms with E-state index < -0.39 is 10.9 Å². The standard InChI is InChI=1S/C12H16ClNO2/c1-12(2,13)11(14-15)9-16-8-10-6-4-3-5-7-10/h3-7,11H,8-9H2,1-2H3. The van der Waals surface area contributed by atoms with E-state index in [4.69, 9.17) is 16.3 Å². The van der Waals surface area contributed by atoms with Gasteiger partial charge in [-0.1, -0.05) is 35.5 Å². The molecule has 0 saturated heterocycles. The summed E-state index contributed by atoms with van der Waals surface area (Å²) in [4.78, 5) is 9.91. The summed E-state index contributed by atoms with van der Waals surface area (Å²) in [7, 11) is 0. The van der Waals surface area contributed by atoms with Gasteiger partial charge in [0.05, 0.1) is 18.1 Å². The van der Waals surface area contributed by atoms with E-state index in [1.165, 1.54) is 0 Å². The van der Waals surface area contributed by atoms with Crippen molar-refractivity contribution in [2.75, 3.05) is 6.61 Å². The molecule has 0 amide bonds. The summed E-state index contributed by atoms with van der Waals surface area (Å²) in [6.45, 7) is 4.23. The zero-order valence-corrected chi connectivity index (χ0v) is 10.3. The van der Waals surface area contributed by atoms with Crippen LogP contribution in [-0.4, -0.2) is 17.5 Å². The van der Waals surface area contributed by atoms with Gasteiger partial charge in [0.15, 0.2) is 0 Å². The van der Waals surface area contributed by atoms with E-state index >= 15 is 0 Å². The first kappa shape index (κ1) is 13.1. The molecule has 0 spiro atoms. The van der Waals surface area contributed by atoms with E-state index in [0.717, 1.165) is 5.56 Å². The minimum Gasteiger partial charge on any atom is -0.374 e. The molecule has 1 aromatic rings. The summed E-state index contributed by atoms with van der Waals surface area (Å²) < 4.78 is 5.42. The van der Waals surface area contributed by atoms with Gasteiger partial charge in [-0.15, -0.1) is 11.6 Å². The van der Waals surface area contributed by atoms with Crippen molar-refractivity contribution in [1.29, 1.82) is 0 Å². The summed E-state index contributed by atoms with van der Waals surface area (Å²) in [6.07, 6.45) is 0.